The molecule has 0 aliphatic rings. The number of aliphatic carboxylic acids is 1. The van der Waals surface area contributed by atoms with E-state index in [0.29, 0.717) is 11.1 Å². The van der Waals surface area contributed by atoms with E-state index in [1.807, 2.05) is 0 Å². The quantitative estimate of drug-likeness (QED) is 0.845. The number of carboxylic acid groups (broad SMARTS) is 1. The van der Waals surface area contributed by atoms with Gasteiger partial charge in [0, 0.05) is 24.0 Å². The number of aromatic nitrogens is 3. The molecule has 2 aromatic rings. The number of hydrogen-bond donors (Lipinski definition) is 1. The molecular formula is C12H12FN3O2. The van der Waals surface area contributed by atoms with Crippen LogP contribution in [0.4, 0.5) is 4.39 Å². The van der Waals surface area contributed by atoms with Crippen molar-refractivity contribution in [1.29, 1.82) is 0 Å². The Bertz CT molecular complexity index is 595. The number of nitrogens with zero attached hydrogens (tertiary/aromatic N) is 3. The zero-order valence-electron chi connectivity index (χ0n) is 9.96. The first-order chi connectivity index (χ1) is 8.49. The van der Waals surface area contributed by atoms with Crippen molar-refractivity contribution in [3.8, 4) is 11.1 Å². The van der Waals surface area contributed by atoms with Crippen LogP contribution in [0.15, 0.2) is 24.7 Å². The fourth-order valence-electron chi connectivity index (χ4n) is 1.61. The smallest absolute Gasteiger partial charge is 0.328 e. The predicted molar refractivity (Wildman–Crippen MR) is 62.5 cm³/mol. The van der Waals surface area contributed by atoms with Gasteiger partial charge in [-0.3, -0.25) is 4.68 Å². The summed E-state index contributed by atoms with van der Waals surface area (Å²) in [5.74, 6) is -1.54. The highest BCUT2D eigenvalue weighted by Crippen LogP contribution is 2.23. The molecule has 0 radical (unpaired) electrons. The van der Waals surface area contributed by atoms with E-state index in [9.17, 15) is 9.18 Å². The van der Waals surface area contributed by atoms with Crippen LogP contribution in [0.3, 0.4) is 0 Å². The number of carboxylic acids is 1. The fraction of sp³-hybridized carbons (Fsp3) is 0.250. The van der Waals surface area contributed by atoms with Gasteiger partial charge >= 0.3 is 5.97 Å². The van der Waals surface area contributed by atoms with Crippen LogP contribution in [0, 0.1) is 12.9 Å². The van der Waals surface area contributed by atoms with Crippen molar-refractivity contribution in [3.63, 3.8) is 0 Å². The highest BCUT2D eigenvalue weighted by molar-refractivity contribution is 5.72. The molecule has 0 aliphatic heterocycles. The first-order valence-electron chi connectivity index (χ1n) is 5.38. The number of hydrogen-bond acceptors (Lipinski definition) is 3. The molecule has 0 fully saturated rings. The zero-order chi connectivity index (χ0) is 13.3. The predicted octanol–water partition coefficient (Wildman–Crippen LogP) is 2.04. The van der Waals surface area contributed by atoms with Gasteiger partial charge in [0.1, 0.15) is 6.04 Å². The van der Waals surface area contributed by atoms with E-state index in [1.165, 1.54) is 30.1 Å². The Morgan fingerprint density at radius 2 is 2.22 bits per heavy atom. The molecule has 0 aliphatic carbocycles. The molecular weight excluding hydrogens is 237 g/mol. The Labute approximate surface area is 103 Å². The van der Waals surface area contributed by atoms with Crippen LogP contribution in [-0.2, 0) is 4.79 Å². The molecule has 1 atom stereocenters. The number of carbonyl (C=O) groups is 1. The lowest BCUT2D eigenvalue weighted by Gasteiger charge is -2.05. The number of pyridine rings is 1. The lowest BCUT2D eigenvalue weighted by molar-refractivity contribution is -0.140. The van der Waals surface area contributed by atoms with Crippen molar-refractivity contribution in [2.75, 3.05) is 0 Å². The van der Waals surface area contributed by atoms with Gasteiger partial charge in [-0.25, -0.2) is 9.78 Å². The molecule has 2 heterocycles. The first-order valence-corrected chi connectivity index (χ1v) is 5.38. The normalized spacial score (nSPS) is 12.4. The van der Waals surface area contributed by atoms with Crippen molar-refractivity contribution in [2.45, 2.75) is 19.9 Å². The van der Waals surface area contributed by atoms with E-state index >= 15 is 0 Å². The van der Waals surface area contributed by atoms with Crippen molar-refractivity contribution in [2.24, 2.45) is 0 Å². The molecule has 18 heavy (non-hydrogen) atoms. The summed E-state index contributed by atoms with van der Waals surface area (Å²) in [5, 5.41) is 12.9. The van der Waals surface area contributed by atoms with Gasteiger partial charge in [-0.1, -0.05) is 0 Å². The molecule has 0 saturated heterocycles. The van der Waals surface area contributed by atoms with Gasteiger partial charge in [0.2, 0.25) is 5.95 Å². The zero-order valence-corrected chi connectivity index (χ0v) is 9.96. The minimum absolute atomic E-state index is 0.574. The summed E-state index contributed by atoms with van der Waals surface area (Å²) in [4.78, 5) is 14.4. The van der Waals surface area contributed by atoms with Gasteiger partial charge in [-0.2, -0.15) is 9.49 Å². The van der Waals surface area contributed by atoms with E-state index in [2.05, 4.69) is 10.1 Å². The van der Waals surface area contributed by atoms with E-state index in [-0.39, 0.29) is 0 Å². The lowest BCUT2D eigenvalue weighted by atomic mass is 10.1. The molecule has 0 spiro atoms. The Morgan fingerprint density at radius 3 is 2.89 bits per heavy atom. The van der Waals surface area contributed by atoms with Crippen LogP contribution in [0.25, 0.3) is 11.1 Å². The Hall–Kier alpha value is -2.24. The van der Waals surface area contributed by atoms with Gasteiger partial charge in [0.15, 0.2) is 0 Å². The lowest BCUT2D eigenvalue weighted by Crippen LogP contribution is -2.15. The maximum Gasteiger partial charge on any atom is 0.328 e. The molecule has 1 N–H and O–H groups in total. The van der Waals surface area contributed by atoms with E-state index in [0.717, 1.165) is 5.56 Å². The first kappa shape index (κ1) is 12.2. The van der Waals surface area contributed by atoms with Crippen LogP contribution in [-0.4, -0.2) is 25.8 Å². The molecule has 5 nitrogen and oxygen atoms in total. The van der Waals surface area contributed by atoms with Gasteiger partial charge in [0.25, 0.3) is 0 Å². The Balaban J connectivity index is 2.41. The monoisotopic (exact) mass is 249 g/mol. The summed E-state index contributed by atoms with van der Waals surface area (Å²) in [5.41, 5.74) is 2.13. The van der Waals surface area contributed by atoms with Crippen molar-refractivity contribution < 1.29 is 14.3 Å². The van der Waals surface area contributed by atoms with Crippen LogP contribution in [0.1, 0.15) is 18.5 Å². The molecule has 2 aromatic heterocycles. The van der Waals surface area contributed by atoms with Crippen molar-refractivity contribution in [1.82, 2.24) is 14.8 Å². The summed E-state index contributed by atoms with van der Waals surface area (Å²) < 4.78 is 14.4. The van der Waals surface area contributed by atoms with Crippen molar-refractivity contribution in [3.05, 3.63) is 36.2 Å². The minimum Gasteiger partial charge on any atom is -0.480 e. The third kappa shape index (κ3) is 2.22. The second-order valence-electron chi connectivity index (χ2n) is 4.05. The van der Waals surface area contributed by atoms with Crippen molar-refractivity contribution >= 4 is 5.97 Å². The fourth-order valence-corrected chi connectivity index (χ4v) is 1.61. The third-order valence-corrected chi connectivity index (χ3v) is 2.74. The molecule has 0 amide bonds. The summed E-state index contributed by atoms with van der Waals surface area (Å²) in [6.07, 6.45) is 4.53. The maximum atomic E-state index is 13.1. The summed E-state index contributed by atoms with van der Waals surface area (Å²) >= 11 is 0. The standard InChI is InChI=1S/C12H12FN3O2/c1-7-4-14-11(13)3-10(7)9-5-15-16(6-9)8(2)12(17)18/h3-6,8H,1-2H3,(H,17,18). The second-order valence-corrected chi connectivity index (χ2v) is 4.05. The highest BCUT2D eigenvalue weighted by atomic mass is 19.1. The summed E-state index contributed by atoms with van der Waals surface area (Å²) in [6.45, 7) is 3.33. The van der Waals surface area contributed by atoms with E-state index in [4.69, 9.17) is 5.11 Å². The van der Waals surface area contributed by atoms with Gasteiger partial charge in [0.05, 0.1) is 6.20 Å². The van der Waals surface area contributed by atoms with Crippen LogP contribution >= 0.6 is 0 Å². The Morgan fingerprint density at radius 1 is 1.50 bits per heavy atom. The molecule has 0 bridgehead atoms. The van der Waals surface area contributed by atoms with Crippen LogP contribution < -0.4 is 0 Å². The van der Waals surface area contributed by atoms with Gasteiger partial charge in [-0.15, -0.1) is 0 Å². The molecule has 2 rings (SSSR count). The topological polar surface area (TPSA) is 68.0 Å². The molecule has 0 saturated carbocycles. The molecule has 1 unspecified atom stereocenters. The van der Waals surface area contributed by atoms with Crippen LogP contribution in [0.2, 0.25) is 0 Å². The second kappa shape index (κ2) is 4.56. The van der Waals surface area contributed by atoms with Gasteiger partial charge < -0.3 is 5.11 Å². The average molecular weight is 249 g/mol. The third-order valence-electron chi connectivity index (χ3n) is 2.74. The van der Waals surface area contributed by atoms with E-state index < -0.39 is 18.0 Å². The van der Waals surface area contributed by atoms with E-state index in [1.54, 1.807) is 13.1 Å². The SMILES string of the molecule is Cc1cnc(F)cc1-c1cnn(C(C)C(=O)O)c1. The van der Waals surface area contributed by atoms with Gasteiger partial charge in [-0.05, 0) is 25.0 Å². The summed E-state index contributed by atoms with van der Waals surface area (Å²) in [6, 6.07) is 0.549. The van der Waals surface area contributed by atoms with Crippen LogP contribution in [0.5, 0.6) is 0 Å². The molecule has 94 valence electrons. The maximum absolute atomic E-state index is 13.1. The highest BCUT2D eigenvalue weighted by Gasteiger charge is 2.15. The molecule has 0 aromatic carbocycles. The number of halogens is 1. The number of aryl methyl sites for hydroxylation is 1. The summed E-state index contributed by atoms with van der Waals surface area (Å²) in [7, 11) is 0. The Kier molecular flexibility index (Phi) is 3.10. The molecule has 6 heteroatoms. The average Bonchev–Trinajstić information content (AvgIpc) is 2.80. The minimum atomic E-state index is -0.970. The largest absolute Gasteiger partial charge is 0.480 e. The number of rotatable bonds is 3.